The van der Waals surface area contributed by atoms with Crippen LogP contribution in [-0.2, 0) is 9.59 Å². The third kappa shape index (κ3) is 2.34. The predicted molar refractivity (Wildman–Crippen MR) is 29.4 cm³/mol. The van der Waals surface area contributed by atoms with Crippen molar-refractivity contribution in [2.75, 3.05) is 13.1 Å². The van der Waals surface area contributed by atoms with Crippen molar-refractivity contribution in [1.82, 2.24) is 4.90 Å². The second-order valence-corrected chi connectivity index (χ2v) is 1.36. The predicted octanol–water partition coefficient (Wildman–Crippen LogP) is -0.336. The summed E-state index contributed by atoms with van der Waals surface area (Å²) in [6.07, 6.45) is 1.37. The van der Waals surface area contributed by atoms with Gasteiger partial charge in [0.25, 0.3) is 0 Å². The molecule has 0 aliphatic rings. The maximum Gasteiger partial charge on any atom is 0.210 e. The summed E-state index contributed by atoms with van der Waals surface area (Å²) in [4.78, 5) is 21.0. The fraction of sp³-hybridized carbons (Fsp3) is 0.600. The van der Waals surface area contributed by atoms with Crippen molar-refractivity contribution in [1.29, 1.82) is 0 Å². The van der Waals surface area contributed by atoms with Crippen LogP contribution in [0.3, 0.4) is 0 Å². The van der Waals surface area contributed by atoms with Crippen molar-refractivity contribution in [3.63, 3.8) is 0 Å². The van der Waals surface area contributed by atoms with E-state index in [1.165, 1.54) is 4.90 Å². The van der Waals surface area contributed by atoms with Crippen LogP contribution in [-0.4, -0.2) is 30.7 Å². The summed E-state index contributed by atoms with van der Waals surface area (Å²) in [6.45, 7) is 2.63. The quantitative estimate of drug-likeness (QED) is 0.470. The lowest BCUT2D eigenvalue weighted by molar-refractivity contribution is -0.121. The molecule has 0 N–H and O–H groups in total. The number of hydrogen-bond donors (Lipinski definition) is 0. The van der Waals surface area contributed by atoms with Crippen molar-refractivity contribution in [3.05, 3.63) is 0 Å². The Morgan fingerprint density at radius 2 is 2.12 bits per heavy atom. The van der Waals surface area contributed by atoms with Gasteiger partial charge in [0, 0.05) is 6.54 Å². The van der Waals surface area contributed by atoms with Crippen molar-refractivity contribution in [2.45, 2.75) is 6.92 Å². The van der Waals surface area contributed by atoms with Gasteiger partial charge in [-0.1, -0.05) is 0 Å². The molecule has 0 radical (unpaired) electrons. The summed E-state index contributed by atoms with van der Waals surface area (Å²) in [5.41, 5.74) is 0. The van der Waals surface area contributed by atoms with Crippen LogP contribution in [0.25, 0.3) is 0 Å². The van der Waals surface area contributed by atoms with E-state index in [2.05, 4.69) is 0 Å². The molecule has 0 aromatic heterocycles. The number of carbonyl (C=O) groups is 2. The van der Waals surface area contributed by atoms with Gasteiger partial charge in [0.15, 0.2) is 0 Å². The smallest absolute Gasteiger partial charge is 0.210 e. The van der Waals surface area contributed by atoms with Crippen molar-refractivity contribution < 1.29 is 9.59 Å². The van der Waals surface area contributed by atoms with Gasteiger partial charge in [-0.2, -0.15) is 0 Å². The number of amides is 1. The topological polar surface area (TPSA) is 37.4 Å². The van der Waals surface area contributed by atoms with Gasteiger partial charge in [0.2, 0.25) is 6.41 Å². The first-order valence-corrected chi connectivity index (χ1v) is 2.48. The maximum absolute atomic E-state index is 9.89. The van der Waals surface area contributed by atoms with Crippen LogP contribution in [0.4, 0.5) is 0 Å². The fourth-order valence-electron chi connectivity index (χ4n) is 0.342. The minimum atomic E-state index is 0.208. The summed E-state index contributed by atoms with van der Waals surface area (Å²) in [5, 5.41) is 0. The molecule has 46 valence electrons. The average molecular weight is 115 g/mol. The minimum Gasteiger partial charge on any atom is -0.339 e. The van der Waals surface area contributed by atoms with Gasteiger partial charge in [-0.3, -0.25) is 4.79 Å². The Morgan fingerprint density at radius 3 is 2.25 bits per heavy atom. The highest BCUT2D eigenvalue weighted by Crippen LogP contribution is 1.74. The molecule has 0 aromatic rings. The molecule has 0 spiro atoms. The number of nitrogens with zero attached hydrogens (tertiary/aromatic N) is 1. The molecular weight excluding hydrogens is 106 g/mol. The van der Waals surface area contributed by atoms with Gasteiger partial charge in [0.1, 0.15) is 6.29 Å². The Morgan fingerprint density at radius 1 is 1.50 bits per heavy atom. The standard InChI is InChI=1S/C5H9NO2/c1-2-6(5-8)3-4-7/h4-5H,2-3H2,1H3. The van der Waals surface area contributed by atoms with Crippen LogP contribution in [0.15, 0.2) is 0 Å². The lowest BCUT2D eigenvalue weighted by Crippen LogP contribution is -2.22. The molecule has 0 aliphatic heterocycles. The fourth-order valence-corrected chi connectivity index (χ4v) is 0.342. The first-order chi connectivity index (χ1) is 3.85. The summed E-state index contributed by atoms with van der Waals surface area (Å²) >= 11 is 0. The molecule has 0 rings (SSSR count). The number of carbonyl (C=O) groups excluding carboxylic acids is 2. The van der Waals surface area contributed by atoms with Gasteiger partial charge in [0.05, 0.1) is 6.54 Å². The minimum absolute atomic E-state index is 0.208. The van der Waals surface area contributed by atoms with Gasteiger partial charge < -0.3 is 9.69 Å². The Bertz CT molecular complexity index is 82.5. The van der Waals surface area contributed by atoms with Crippen LogP contribution in [0.2, 0.25) is 0 Å². The second kappa shape index (κ2) is 4.30. The molecule has 3 heteroatoms. The zero-order chi connectivity index (χ0) is 6.41. The molecule has 0 saturated carbocycles. The van der Waals surface area contributed by atoms with Crippen molar-refractivity contribution in [2.24, 2.45) is 0 Å². The van der Waals surface area contributed by atoms with Crippen LogP contribution in [0.5, 0.6) is 0 Å². The Labute approximate surface area is 48.3 Å². The Kier molecular flexibility index (Phi) is 3.84. The zero-order valence-corrected chi connectivity index (χ0v) is 4.83. The van der Waals surface area contributed by atoms with Crippen LogP contribution < -0.4 is 0 Å². The molecule has 0 unspecified atom stereocenters. The lowest BCUT2D eigenvalue weighted by atomic mass is 10.6. The highest BCUT2D eigenvalue weighted by molar-refractivity contribution is 5.59. The van der Waals surface area contributed by atoms with Crippen molar-refractivity contribution >= 4 is 12.7 Å². The highest BCUT2D eigenvalue weighted by atomic mass is 16.1. The molecule has 8 heavy (non-hydrogen) atoms. The molecule has 0 atom stereocenters. The van der Waals surface area contributed by atoms with E-state index < -0.39 is 0 Å². The number of rotatable bonds is 4. The molecule has 0 aliphatic carbocycles. The van der Waals surface area contributed by atoms with Gasteiger partial charge >= 0.3 is 0 Å². The van der Waals surface area contributed by atoms with Crippen LogP contribution in [0.1, 0.15) is 6.92 Å². The molecule has 0 heterocycles. The molecule has 3 nitrogen and oxygen atoms in total. The Balaban J connectivity index is 3.35. The first-order valence-electron chi connectivity index (χ1n) is 2.48. The molecule has 0 saturated heterocycles. The van der Waals surface area contributed by atoms with E-state index in [1.807, 2.05) is 6.92 Å². The molecule has 0 fully saturated rings. The first kappa shape index (κ1) is 7.14. The third-order valence-corrected chi connectivity index (χ3v) is 0.864. The van der Waals surface area contributed by atoms with Gasteiger partial charge in [-0.25, -0.2) is 0 Å². The van der Waals surface area contributed by atoms with E-state index in [9.17, 15) is 9.59 Å². The third-order valence-electron chi connectivity index (χ3n) is 0.864. The van der Waals surface area contributed by atoms with Gasteiger partial charge in [-0.15, -0.1) is 0 Å². The van der Waals surface area contributed by atoms with E-state index in [1.54, 1.807) is 0 Å². The second-order valence-electron chi connectivity index (χ2n) is 1.36. The van der Waals surface area contributed by atoms with E-state index in [0.29, 0.717) is 19.2 Å². The highest BCUT2D eigenvalue weighted by Gasteiger charge is 1.91. The van der Waals surface area contributed by atoms with E-state index in [0.717, 1.165) is 0 Å². The monoisotopic (exact) mass is 115 g/mol. The molecular formula is C5H9NO2. The van der Waals surface area contributed by atoms with Crippen LogP contribution in [0, 0.1) is 0 Å². The summed E-state index contributed by atoms with van der Waals surface area (Å²) in [5.74, 6) is 0. The largest absolute Gasteiger partial charge is 0.339 e. The maximum atomic E-state index is 9.89. The zero-order valence-electron chi connectivity index (χ0n) is 4.83. The Hall–Kier alpha value is -0.860. The SMILES string of the molecule is CCN(C=O)CC=O. The number of aldehydes is 1. The molecule has 1 amide bonds. The van der Waals surface area contributed by atoms with E-state index in [4.69, 9.17) is 0 Å². The van der Waals surface area contributed by atoms with E-state index >= 15 is 0 Å². The van der Waals surface area contributed by atoms with Crippen LogP contribution >= 0.6 is 0 Å². The van der Waals surface area contributed by atoms with Gasteiger partial charge in [-0.05, 0) is 6.92 Å². The number of hydrogen-bond acceptors (Lipinski definition) is 2. The average Bonchev–Trinajstić information content (AvgIpc) is 1.83. The molecule has 0 bridgehead atoms. The number of likely N-dealkylation sites (N-methyl/N-ethyl adjacent to an activating group) is 1. The van der Waals surface area contributed by atoms with Crippen molar-refractivity contribution in [3.8, 4) is 0 Å². The van der Waals surface area contributed by atoms with E-state index in [-0.39, 0.29) is 6.54 Å². The summed E-state index contributed by atoms with van der Waals surface area (Å²) in [6, 6.07) is 0. The summed E-state index contributed by atoms with van der Waals surface area (Å²) < 4.78 is 0. The summed E-state index contributed by atoms with van der Waals surface area (Å²) in [7, 11) is 0. The molecule has 0 aromatic carbocycles. The normalized spacial score (nSPS) is 8.12. The lowest BCUT2D eigenvalue weighted by Gasteiger charge is -2.07.